The standard InChI is InChI=1S/C17H31NO.C15H15N3OS/c1-6-14(3)10-11-17(15(4)7-2)19-13-16-9-8-12-18(16)5;1-8(2)11-6-12(19-18-11)9-4-3-5-13-14(9)10(7-16)15(17)20-13/h10-11,15-16H,6-9,12-13H2,1-5H3;6,9H,1,3-5,17H2,2H3/b14-10?,17-11+;. The number of nitrogens with zero attached hydrogens (tertiary/aromatic N) is 3. The normalized spacial score (nSPS) is 20.5. The van der Waals surface area contributed by atoms with Crippen LogP contribution in [0.15, 0.2) is 40.7 Å². The number of thiophene rings is 1. The van der Waals surface area contributed by atoms with E-state index in [1.54, 1.807) is 0 Å². The molecule has 7 heteroatoms. The zero-order valence-corrected chi connectivity index (χ0v) is 25.5. The molecule has 2 aromatic heterocycles. The fourth-order valence-electron chi connectivity index (χ4n) is 5.01. The predicted molar refractivity (Wildman–Crippen MR) is 163 cm³/mol. The van der Waals surface area contributed by atoms with Crippen LogP contribution in [0.3, 0.4) is 0 Å². The molecule has 0 radical (unpaired) electrons. The van der Waals surface area contributed by atoms with Gasteiger partial charge in [-0.2, -0.15) is 5.26 Å². The highest BCUT2D eigenvalue weighted by Crippen LogP contribution is 2.45. The summed E-state index contributed by atoms with van der Waals surface area (Å²) in [5.41, 5.74) is 10.7. The smallest absolute Gasteiger partial charge is 0.144 e. The number of ether oxygens (including phenoxy) is 1. The van der Waals surface area contributed by atoms with Crippen LogP contribution in [-0.2, 0) is 11.2 Å². The van der Waals surface area contributed by atoms with Gasteiger partial charge in [-0.25, -0.2) is 0 Å². The van der Waals surface area contributed by atoms with Crippen LogP contribution in [0.1, 0.15) is 107 Å². The second-order valence-corrected chi connectivity index (χ2v) is 12.1. The van der Waals surface area contributed by atoms with E-state index in [4.69, 9.17) is 15.0 Å². The van der Waals surface area contributed by atoms with Crippen molar-refractivity contribution in [2.45, 2.75) is 91.5 Å². The van der Waals surface area contributed by atoms with Gasteiger partial charge in [0, 0.05) is 28.8 Å². The van der Waals surface area contributed by atoms with Crippen molar-refractivity contribution in [3.8, 4) is 6.07 Å². The monoisotopic (exact) mass is 550 g/mol. The minimum Gasteiger partial charge on any atom is -0.496 e. The summed E-state index contributed by atoms with van der Waals surface area (Å²) in [4.78, 5) is 3.63. The lowest BCUT2D eigenvalue weighted by atomic mass is 9.83. The third kappa shape index (κ3) is 7.86. The first-order chi connectivity index (χ1) is 18.7. The molecule has 212 valence electrons. The van der Waals surface area contributed by atoms with Gasteiger partial charge in [0.1, 0.15) is 29.1 Å². The van der Waals surface area contributed by atoms with Gasteiger partial charge in [-0.05, 0) is 89.6 Å². The summed E-state index contributed by atoms with van der Waals surface area (Å²) in [6, 6.07) is 4.77. The Morgan fingerprint density at radius 3 is 2.69 bits per heavy atom. The van der Waals surface area contributed by atoms with Crippen molar-refractivity contribution in [3.05, 3.63) is 63.6 Å². The molecular weight excluding hydrogens is 504 g/mol. The molecule has 0 spiro atoms. The molecule has 1 aliphatic carbocycles. The second kappa shape index (κ2) is 14.5. The fourth-order valence-corrected chi connectivity index (χ4v) is 6.13. The summed E-state index contributed by atoms with van der Waals surface area (Å²) in [5.74, 6) is 2.55. The van der Waals surface area contributed by atoms with E-state index in [0.717, 1.165) is 67.1 Å². The molecule has 3 atom stereocenters. The topological polar surface area (TPSA) is 88.3 Å². The maximum atomic E-state index is 9.34. The molecule has 1 saturated heterocycles. The molecule has 2 aromatic rings. The molecule has 1 aliphatic heterocycles. The molecular formula is C32H46N4O2S. The van der Waals surface area contributed by atoms with Crippen molar-refractivity contribution < 1.29 is 9.26 Å². The van der Waals surface area contributed by atoms with Gasteiger partial charge in [0.05, 0.1) is 11.3 Å². The Balaban J connectivity index is 0.000000216. The Hall–Kier alpha value is -2.82. The van der Waals surface area contributed by atoms with Gasteiger partial charge in [0.2, 0.25) is 0 Å². The van der Waals surface area contributed by atoms with Crippen LogP contribution in [0.5, 0.6) is 0 Å². The Kier molecular flexibility index (Phi) is 11.4. The van der Waals surface area contributed by atoms with Crippen LogP contribution in [0.2, 0.25) is 0 Å². The van der Waals surface area contributed by atoms with E-state index < -0.39 is 0 Å². The van der Waals surface area contributed by atoms with E-state index in [0.29, 0.717) is 22.5 Å². The van der Waals surface area contributed by atoms with E-state index in [1.807, 2.05) is 13.0 Å². The van der Waals surface area contributed by atoms with Gasteiger partial charge in [-0.15, -0.1) is 11.3 Å². The molecule has 2 aliphatic rings. The maximum Gasteiger partial charge on any atom is 0.144 e. The number of likely N-dealkylation sites (tertiary alicyclic amines) is 1. The molecule has 6 nitrogen and oxygen atoms in total. The first-order valence-corrected chi connectivity index (χ1v) is 15.2. The number of hydrogen-bond donors (Lipinski definition) is 1. The zero-order chi connectivity index (χ0) is 28.5. The highest BCUT2D eigenvalue weighted by atomic mass is 32.1. The van der Waals surface area contributed by atoms with Crippen LogP contribution in [-0.4, -0.2) is 36.3 Å². The zero-order valence-electron chi connectivity index (χ0n) is 24.7. The van der Waals surface area contributed by atoms with Crippen molar-refractivity contribution >= 4 is 21.9 Å². The van der Waals surface area contributed by atoms with Crippen molar-refractivity contribution in [3.63, 3.8) is 0 Å². The number of anilines is 1. The van der Waals surface area contributed by atoms with Crippen LogP contribution >= 0.6 is 11.3 Å². The van der Waals surface area contributed by atoms with Gasteiger partial charge < -0.3 is 19.9 Å². The van der Waals surface area contributed by atoms with Gasteiger partial charge in [-0.3, -0.25) is 0 Å². The Morgan fingerprint density at radius 1 is 1.33 bits per heavy atom. The van der Waals surface area contributed by atoms with Gasteiger partial charge in [-0.1, -0.05) is 44.2 Å². The number of nitriles is 1. The number of hydrogen-bond acceptors (Lipinski definition) is 7. The maximum absolute atomic E-state index is 9.34. The minimum atomic E-state index is 0.0857. The van der Waals surface area contributed by atoms with Crippen molar-refractivity contribution in [1.29, 1.82) is 5.26 Å². The SMILES string of the molecule is C=C(C)c1cc(C2CCCc3sc(N)c(C#N)c32)on1.CCC(C)=C/C=C(/OCC1CCCN1C)C(C)CC. The lowest BCUT2D eigenvalue weighted by molar-refractivity contribution is 0.120. The van der Waals surface area contributed by atoms with Crippen molar-refractivity contribution in [2.75, 3.05) is 25.9 Å². The van der Waals surface area contributed by atoms with Crippen molar-refractivity contribution in [2.24, 2.45) is 5.92 Å². The molecule has 0 saturated carbocycles. The average Bonchev–Trinajstić information content (AvgIpc) is 3.66. The average molecular weight is 551 g/mol. The van der Waals surface area contributed by atoms with Crippen molar-refractivity contribution in [1.82, 2.24) is 10.1 Å². The largest absolute Gasteiger partial charge is 0.496 e. The molecule has 3 heterocycles. The minimum absolute atomic E-state index is 0.0857. The second-order valence-electron chi connectivity index (χ2n) is 11.0. The van der Waals surface area contributed by atoms with E-state index in [-0.39, 0.29) is 5.92 Å². The highest BCUT2D eigenvalue weighted by molar-refractivity contribution is 7.16. The molecule has 0 amide bonds. The fraction of sp³-hybridized carbons (Fsp3) is 0.562. The van der Waals surface area contributed by atoms with Gasteiger partial charge in [0.15, 0.2) is 0 Å². The molecule has 1 fully saturated rings. The molecule has 4 rings (SSSR count). The third-order valence-corrected chi connectivity index (χ3v) is 9.11. The molecule has 0 bridgehead atoms. The summed E-state index contributed by atoms with van der Waals surface area (Å²) in [7, 11) is 2.20. The summed E-state index contributed by atoms with van der Waals surface area (Å²) in [6.45, 7) is 16.7. The van der Waals surface area contributed by atoms with E-state index in [2.05, 4.69) is 69.6 Å². The van der Waals surface area contributed by atoms with E-state index in [1.165, 1.54) is 41.2 Å². The number of aryl methyl sites for hydroxylation is 1. The first kappa shape index (κ1) is 30.7. The number of rotatable bonds is 9. The predicted octanol–water partition coefficient (Wildman–Crippen LogP) is 8.07. The molecule has 39 heavy (non-hydrogen) atoms. The Bertz CT molecular complexity index is 1220. The van der Waals surface area contributed by atoms with Crippen LogP contribution in [0.25, 0.3) is 5.57 Å². The number of fused-ring (bicyclic) bond motifs is 1. The Morgan fingerprint density at radius 2 is 2.10 bits per heavy atom. The lowest BCUT2D eigenvalue weighted by Gasteiger charge is -2.22. The summed E-state index contributed by atoms with van der Waals surface area (Å²) >= 11 is 1.53. The van der Waals surface area contributed by atoms with Crippen LogP contribution in [0, 0.1) is 17.2 Å². The van der Waals surface area contributed by atoms with Gasteiger partial charge >= 0.3 is 0 Å². The summed E-state index contributed by atoms with van der Waals surface area (Å²) in [6.07, 6.45) is 12.2. The Labute approximate surface area is 239 Å². The number of aromatic nitrogens is 1. The third-order valence-electron chi connectivity index (χ3n) is 8.02. The highest BCUT2D eigenvalue weighted by Gasteiger charge is 2.31. The molecule has 0 aromatic carbocycles. The quantitative estimate of drug-likeness (QED) is 0.251. The summed E-state index contributed by atoms with van der Waals surface area (Å²) in [5, 5.41) is 14.0. The molecule has 3 unspecified atom stereocenters. The van der Waals surface area contributed by atoms with Crippen LogP contribution < -0.4 is 5.73 Å². The number of nitrogens with two attached hydrogens (primary N) is 1. The number of allylic oxidation sites excluding steroid dienone is 5. The van der Waals surface area contributed by atoms with E-state index in [9.17, 15) is 5.26 Å². The van der Waals surface area contributed by atoms with Crippen LogP contribution in [0.4, 0.5) is 5.00 Å². The number of likely N-dealkylation sites (N-methyl/N-ethyl adjacent to an activating group) is 1. The van der Waals surface area contributed by atoms with Gasteiger partial charge in [0.25, 0.3) is 0 Å². The van der Waals surface area contributed by atoms with E-state index >= 15 is 0 Å². The number of nitrogen functional groups attached to an aromatic ring is 1. The molecule has 2 N–H and O–H groups in total. The summed E-state index contributed by atoms with van der Waals surface area (Å²) < 4.78 is 11.6. The first-order valence-electron chi connectivity index (χ1n) is 14.3. The lowest BCUT2D eigenvalue weighted by Crippen LogP contribution is -2.29.